The van der Waals surface area contributed by atoms with Gasteiger partial charge in [0.25, 0.3) is 0 Å². The van der Waals surface area contributed by atoms with E-state index < -0.39 is 31.6 Å². The Balaban J connectivity index is 2.71. The maximum atomic E-state index is 8.57. The second-order valence-corrected chi connectivity index (χ2v) is 33.0. The van der Waals surface area contributed by atoms with Gasteiger partial charge in [0.15, 0.2) is 0 Å². The molecular weight excluding hydrogens is 508 g/mol. The Hall–Kier alpha value is -1.18. The van der Waals surface area contributed by atoms with Crippen molar-refractivity contribution >= 4 is 73.8 Å². The highest BCUT2D eigenvalue weighted by Gasteiger charge is 2.48. The van der Waals surface area contributed by atoms with Gasteiger partial charge >= 0.3 is 0 Å². The molecule has 0 aliphatic carbocycles. The lowest BCUT2D eigenvalue weighted by molar-refractivity contribution is 1.48. The van der Waals surface area contributed by atoms with Crippen molar-refractivity contribution in [3.8, 4) is 0 Å². The summed E-state index contributed by atoms with van der Waals surface area (Å²) in [7, 11) is -7.92. The molecule has 0 atom stereocenters. The normalized spacial score (nSPS) is 13.3. The zero-order valence-electron chi connectivity index (χ0n) is 24.1. The molecule has 0 radical (unpaired) electrons. The molecule has 0 unspecified atom stereocenters. The first kappa shape index (κ1) is 28.4. The highest BCUT2D eigenvalue weighted by atomic mass is 35.6. The van der Waals surface area contributed by atoms with Crippen molar-refractivity contribution in [1.82, 2.24) is 0 Å². The van der Waals surface area contributed by atoms with Crippen LogP contribution in [0.2, 0.25) is 58.9 Å². The average Bonchev–Trinajstić information content (AvgIpc) is 2.70. The first-order valence-electron chi connectivity index (χ1n) is 12.9. The van der Waals surface area contributed by atoms with E-state index in [1.54, 1.807) is 0 Å². The van der Waals surface area contributed by atoms with Crippen molar-refractivity contribution in [3.63, 3.8) is 0 Å². The molecule has 0 spiro atoms. The van der Waals surface area contributed by atoms with Crippen molar-refractivity contribution in [2.45, 2.75) is 79.7 Å². The van der Waals surface area contributed by atoms with Crippen LogP contribution in [-0.4, -0.2) is 31.6 Å². The summed E-state index contributed by atoms with van der Waals surface area (Å²) in [6.07, 6.45) is 0. The van der Waals surface area contributed by atoms with Crippen molar-refractivity contribution in [1.29, 1.82) is 0 Å². The van der Waals surface area contributed by atoms with Crippen LogP contribution < -0.4 is 31.1 Å². The second kappa shape index (κ2) is 9.60. The fraction of sp³-hybridized carbons (Fsp3) is 0.400. The minimum Gasteiger partial charge on any atom is -0.149 e. The molecule has 5 heteroatoms. The number of hydrogen-bond acceptors (Lipinski definition) is 0. The van der Waals surface area contributed by atoms with Gasteiger partial charge < -0.3 is 0 Å². The summed E-state index contributed by atoms with van der Waals surface area (Å²) in [5.41, 5.74) is 4.09. The summed E-state index contributed by atoms with van der Waals surface area (Å²) in [5, 5.41) is 9.03. The van der Waals surface area contributed by atoms with Gasteiger partial charge in [-0.15, -0.1) is 11.1 Å². The Morgan fingerprint density at radius 1 is 0.429 bits per heavy atom. The van der Waals surface area contributed by atoms with E-state index in [-0.39, 0.29) is 0 Å². The fourth-order valence-corrected chi connectivity index (χ4v) is 22.3. The van der Waals surface area contributed by atoms with E-state index in [0.29, 0.717) is 0 Å². The maximum Gasteiger partial charge on any atom is 0.248 e. The lowest BCUT2D eigenvalue weighted by Gasteiger charge is -2.40. The zero-order chi connectivity index (χ0) is 26.6. The van der Waals surface area contributed by atoms with Crippen LogP contribution >= 0.6 is 11.1 Å². The minimum atomic E-state index is -2.90. The van der Waals surface area contributed by atoms with Gasteiger partial charge in [-0.05, 0) is 36.3 Å². The van der Waals surface area contributed by atoms with E-state index >= 15 is 0 Å². The maximum absolute atomic E-state index is 8.57. The first-order valence-corrected chi connectivity index (χ1v) is 26.4. The molecule has 3 rings (SSSR count). The van der Waals surface area contributed by atoms with Gasteiger partial charge in [-0.25, -0.2) is 0 Å². The van der Waals surface area contributed by atoms with Crippen LogP contribution in [0.4, 0.5) is 0 Å². The molecule has 0 aliphatic rings. The summed E-state index contributed by atoms with van der Waals surface area (Å²) in [6.45, 7) is 29.2. The molecule has 0 nitrogen and oxygen atoms in total. The van der Waals surface area contributed by atoms with E-state index in [9.17, 15) is 0 Å². The van der Waals surface area contributed by atoms with Crippen LogP contribution in [-0.2, 0) is 0 Å². The quantitative estimate of drug-likeness (QED) is 0.216. The lowest BCUT2D eigenvalue weighted by atomic mass is 10.2. The SMILES string of the molecule is Cc1cccc([Si](C)(C)C)c1[Si](Cl)(c1c(C)cccc1[Si](C)(C)C)c1c(C)cccc1[Si](C)(C)C. The Morgan fingerprint density at radius 2 is 0.657 bits per heavy atom. The number of halogens is 1. The smallest absolute Gasteiger partial charge is 0.149 e. The van der Waals surface area contributed by atoms with Gasteiger partial charge in [-0.2, -0.15) is 0 Å². The topological polar surface area (TPSA) is 0 Å². The molecule has 0 aliphatic heterocycles. The third-order valence-corrected chi connectivity index (χ3v) is 19.9. The zero-order valence-corrected chi connectivity index (χ0v) is 28.8. The standard InChI is InChI=1S/C30H45ClSi4/c1-22-16-13-19-25(32(4,5)6)28(22)35(31,29-23(2)17-14-20-26(29)33(7,8)9)30-24(3)18-15-21-27(30)34(10,11)12/h13-21H,1-12H3. The van der Waals surface area contributed by atoms with Gasteiger partial charge in [0.1, 0.15) is 0 Å². The Bertz CT molecular complexity index is 1090. The molecule has 0 saturated carbocycles. The molecule has 0 bridgehead atoms. The van der Waals surface area contributed by atoms with Gasteiger partial charge in [-0.3, -0.25) is 0 Å². The molecule has 0 heterocycles. The highest BCUT2D eigenvalue weighted by Crippen LogP contribution is 2.21. The fourth-order valence-electron chi connectivity index (χ4n) is 5.63. The monoisotopic (exact) mass is 552 g/mol. The van der Waals surface area contributed by atoms with E-state index in [2.05, 4.69) is 134 Å². The van der Waals surface area contributed by atoms with Gasteiger partial charge in [0, 0.05) is 0 Å². The van der Waals surface area contributed by atoms with E-state index in [4.69, 9.17) is 11.1 Å². The Morgan fingerprint density at radius 3 is 0.857 bits per heavy atom. The molecular formula is C30H45ClSi4. The number of rotatable bonds is 6. The molecule has 0 saturated heterocycles. The molecule has 0 amide bonds. The van der Waals surface area contributed by atoms with Crippen LogP contribution in [0.25, 0.3) is 0 Å². The van der Waals surface area contributed by atoms with E-state index in [1.165, 1.54) is 47.8 Å². The average molecular weight is 553 g/mol. The summed E-state index contributed by atoms with van der Waals surface area (Å²) >= 11 is 8.57. The molecule has 188 valence electrons. The molecule has 3 aromatic rings. The highest BCUT2D eigenvalue weighted by molar-refractivity contribution is 7.43. The van der Waals surface area contributed by atoms with Gasteiger partial charge in [0.2, 0.25) is 7.38 Å². The Labute approximate surface area is 223 Å². The summed E-state index contributed by atoms with van der Waals surface area (Å²) in [6, 6.07) is 20.9. The van der Waals surface area contributed by atoms with Crippen molar-refractivity contribution in [3.05, 3.63) is 71.3 Å². The predicted molar refractivity (Wildman–Crippen MR) is 173 cm³/mol. The lowest BCUT2D eigenvalue weighted by Crippen LogP contribution is -2.78. The third kappa shape index (κ3) is 5.28. The van der Waals surface area contributed by atoms with Crippen molar-refractivity contribution in [2.75, 3.05) is 0 Å². The van der Waals surface area contributed by atoms with Crippen LogP contribution in [0.1, 0.15) is 16.7 Å². The summed E-state index contributed by atoms with van der Waals surface area (Å²) < 4.78 is 0. The second-order valence-electron chi connectivity index (χ2n) is 13.4. The van der Waals surface area contributed by atoms with Crippen molar-refractivity contribution in [2.24, 2.45) is 0 Å². The number of hydrogen-bond donors (Lipinski definition) is 0. The van der Waals surface area contributed by atoms with Crippen LogP contribution in [0.3, 0.4) is 0 Å². The predicted octanol–water partition coefficient (Wildman–Crippen LogP) is 5.45. The largest absolute Gasteiger partial charge is 0.248 e. The van der Waals surface area contributed by atoms with Gasteiger partial charge in [0.05, 0.1) is 24.2 Å². The summed E-state index contributed by atoms with van der Waals surface area (Å²) in [4.78, 5) is 0. The number of aryl methyl sites for hydroxylation is 3. The third-order valence-electron chi connectivity index (χ3n) is 7.28. The van der Waals surface area contributed by atoms with Crippen LogP contribution in [0.5, 0.6) is 0 Å². The van der Waals surface area contributed by atoms with Crippen molar-refractivity contribution < 1.29 is 0 Å². The van der Waals surface area contributed by atoms with Crippen LogP contribution in [0, 0.1) is 20.8 Å². The molecule has 3 aromatic carbocycles. The van der Waals surface area contributed by atoms with E-state index in [0.717, 1.165) is 0 Å². The minimum absolute atomic E-state index is 1.36. The summed E-state index contributed by atoms with van der Waals surface area (Å²) in [5.74, 6) is 0. The van der Waals surface area contributed by atoms with E-state index in [1.807, 2.05) is 0 Å². The molecule has 35 heavy (non-hydrogen) atoms. The molecule has 0 aromatic heterocycles. The molecule has 0 fully saturated rings. The van der Waals surface area contributed by atoms with Gasteiger partial charge in [-0.1, -0.05) is 146 Å². The Kier molecular flexibility index (Phi) is 7.79. The first-order chi connectivity index (χ1) is 15.9. The molecule has 0 N–H and O–H groups in total. The number of benzene rings is 3. The van der Waals surface area contributed by atoms with Crippen LogP contribution in [0.15, 0.2) is 54.6 Å².